The van der Waals surface area contributed by atoms with Gasteiger partial charge in [-0.1, -0.05) is 73.7 Å². The molecule has 7 atom stereocenters. The van der Waals surface area contributed by atoms with E-state index in [-0.39, 0.29) is 37.6 Å². The van der Waals surface area contributed by atoms with E-state index in [4.69, 9.17) is 9.47 Å². The van der Waals surface area contributed by atoms with E-state index in [1.165, 1.54) is 0 Å². The zero-order valence-electron chi connectivity index (χ0n) is 27.1. The van der Waals surface area contributed by atoms with Gasteiger partial charge in [-0.3, -0.25) is 14.5 Å². The van der Waals surface area contributed by atoms with Crippen LogP contribution >= 0.6 is 0 Å². The first-order valence-electron chi connectivity index (χ1n) is 16.1. The highest BCUT2D eigenvalue weighted by molar-refractivity contribution is 5.98. The first-order chi connectivity index (χ1) is 22.9. The number of carbonyl (C=O) groups is 2. The lowest BCUT2D eigenvalue weighted by atomic mass is 9.89. The van der Waals surface area contributed by atoms with Gasteiger partial charge in [0, 0.05) is 36.3 Å². The van der Waals surface area contributed by atoms with Crippen molar-refractivity contribution in [3.8, 4) is 0 Å². The third kappa shape index (κ3) is 8.07. The number of hydrogen-bond acceptors (Lipinski definition) is 7. The molecule has 0 radical (unpaired) electrons. The summed E-state index contributed by atoms with van der Waals surface area (Å²) in [5.74, 6) is -2.85. The summed E-state index contributed by atoms with van der Waals surface area (Å²) in [7, 11) is 1.93. The van der Waals surface area contributed by atoms with Gasteiger partial charge in [-0.2, -0.15) is 13.2 Å². The fourth-order valence-corrected chi connectivity index (χ4v) is 6.38. The highest BCUT2D eigenvalue weighted by Gasteiger charge is 2.48. The fourth-order valence-electron chi connectivity index (χ4n) is 6.38. The average molecular weight is 670 g/mol. The van der Waals surface area contributed by atoms with E-state index in [9.17, 15) is 33.0 Å². The minimum Gasteiger partial charge on any atom is -0.392 e. The SMILES string of the molecule is CC1C(CN(C)C(C)C(O)c2ccccc2)OC(c2cccc(NC(=O)C3CCCN3C(=O)C(F)(F)F)c2)OC1c1ccc(CO)cc1. The summed E-state index contributed by atoms with van der Waals surface area (Å²) in [6.45, 7) is 4.20. The molecule has 5 rings (SSSR count). The summed E-state index contributed by atoms with van der Waals surface area (Å²) in [4.78, 5) is 27.6. The van der Waals surface area contributed by atoms with Crippen LogP contribution in [0.15, 0.2) is 78.9 Å². The van der Waals surface area contributed by atoms with Crippen LogP contribution in [0.3, 0.4) is 0 Å². The summed E-state index contributed by atoms with van der Waals surface area (Å²) in [5, 5.41) is 23.3. The number of nitrogens with one attached hydrogen (secondary N) is 1. The molecule has 0 aliphatic carbocycles. The van der Waals surface area contributed by atoms with Gasteiger partial charge in [0.25, 0.3) is 0 Å². The van der Waals surface area contributed by atoms with Crippen LogP contribution in [0.2, 0.25) is 0 Å². The molecule has 12 heteroatoms. The zero-order valence-corrected chi connectivity index (χ0v) is 27.1. The summed E-state index contributed by atoms with van der Waals surface area (Å²) >= 11 is 0. The number of benzene rings is 3. The predicted octanol–water partition coefficient (Wildman–Crippen LogP) is 5.52. The number of nitrogens with zero attached hydrogens (tertiary/aromatic N) is 2. The van der Waals surface area contributed by atoms with Gasteiger partial charge in [-0.05, 0) is 55.6 Å². The van der Waals surface area contributed by atoms with Crippen LogP contribution in [0.5, 0.6) is 0 Å². The van der Waals surface area contributed by atoms with Gasteiger partial charge in [0.05, 0.1) is 24.9 Å². The molecule has 2 fully saturated rings. The Morgan fingerprint density at radius 2 is 1.73 bits per heavy atom. The molecular weight excluding hydrogens is 627 g/mol. The van der Waals surface area contributed by atoms with E-state index in [0.29, 0.717) is 29.1 Å². The Hall–Kier alpha value is -3.81. The number of carbonyl (C=O) groups excluding carboxylic acids is 2. The van der Waals surface area contributed by atoms with Gasteiger partial charge in [0.15, 0.2) is 6.29 Å². The Kier molecular flexibility index (Phi) is 11.2. The number of ether oxygens (including phenoxy) is 2. The quantitative estimate of drug-likeness (QED) is 0.261. The maximum atomic E-state index is 13.1. The van der Waals surface area contributed by atoms with Crippen molar-refractivity contribution in [1.29, 1.82) is 0 Å². The predicted molar refractivity (Wildman–Crippen MR) is 172 cm³/mol. The van der Waals surface area contributed by atoms with Gasteiger partial charge in [0.1, 0.15) is 6.04 Å². The second-order valence-electron chi connectivity index (χ2n) is 12.6. The van der Waals surface area contributed by atoms with Crippen LogP contribution in [0.25, 0.3) is 0 Å². The molecule has 2 aliphatic heterocycles. The van der Waals surface area contributed by atoms with E-state index in [0.717, 1.165) is 16.7 Å². The molecular formula is C36H42F3N3O6. The number of aliphatic hydroxyl groups is 2. The van der Waals surface area contributed by atoms with Gasteiger partial charge in [-0.25, -0.2) is 0 Å². The van der Waals surface area contributed by atoms with E-state index in [2.05, 4.69) is 5.32 Å². The third-order valence-corrected chi connectivity index (χ3v) is 9.37. The van der Waals surface area contributed by atoms with Gasteiger partial charge in [-0.15, -0.1) is 0 Å². The van der Waals surface area contributed by atoms with E-state index >= 15 is 0 Å². The molecule has 2 aliphatic rings. The van der Waals surface area contributed by atoms with Crippen molar-refractivity contribution in [3.63, 3.8) is 0 Å². The zero-order chi connectivity index (χ0) is 34.6. The first kappa shape index (κ1) is 35.5. The summed E-state index contributed by atoms with van der Waals surface area (Å²) in [6, 6.07) is 22.2. The molecule has 3 aromatic rings. The molecule has 2 saturated heterocycles. The number of likely N-dealkylation sites (N-methyl/N-ethyl adjacent to an activating group) is 1. The molecule has 0 aromatic heterocycles. The maximum absolute atomic E-state index is 13.1. The van der Waals surface area contributed by atoms with E-state index in [1.807, 2.05) is 80.4 Å². The van der Waals surface area contributed by atoms with E-state index < -0.39 is 42.5 Å². The van der Waals surface area contributed by atoms with Crippen molar-refractivity contribution in [1.82, 2.24) is 9.80 Å². The maximum Gasteiger partial charge on any atom is 0.471 e. The monoisotopic (exact) mass is 669 g/mol. The van der Waals surface area contributed by atoms with Crippen molar-refractivity contribution in [2.24, 2.45) is 5.92 Å². The number of hydrogen-bond donors (Lipinski definition) is 3. The van der Waals surface area contributed by atoms with Crippen LogP contribution in [-0.2, 0) is 25.7 Å². The minimum atomic E-state index is -5.06. The summed E-state index contributed by atoms with van der Waals surface area (Å²) in [5.41, 5.74) is 3.36. The lowest BCUT2D eigenvalue weighted by Gasteiger charge is -2.43. The normalized spacial score (nSPS) is 24.4. The molecule has 0 saturated carbocycles. The standard InChI is InChI=1S/C36H42F3N3O6/c1-22-30(20-41(3)23(2)31(44)25-9-5-4-6-10-25)47-34(48-32(22)26-16-14-24(21-43)15-17-26)27-11-7-12-28(19-27)40-33(45)29-13-8-18-42(29)35(46)36(37,38)39/h4-7,9-12,14-17,19,22-23,29-32,34,43-44H,8,13,18,20-21H2,1-3H3,(H,40,45). The molecule has 0 spiro atoms. The summed E-state index contributed by atoms with van der Waals surface area (Å²) in [6.07, 6.45) is -7.02. The Balaban J connectivity index is 1.36. The number of anilines is 1. The van der Waals surface area contributed by atoms with Gasteiger partial charge < -0.3 is 29.9 Å². The number of likely N-dealkylation sites (tertiary alicyclic amines) is 1. The van der Waals surface area contributed by atoms with Crippen LogP contribution in [0.1, 0.15) is 67.4 Å². The Morgan fingerprint density at radius 3 is 2.40 bits per heavy atom. The van der Waals surface area contributed by atoms with Crippen LogP contribution in [0, 0.1) is 5.92 Å². The average Bonchev–Trinajstić information content (AvgIpc) is 3.58. The van der Waals surface area contributed by atoms with Crippen LogP contribution in [0.4, 0.5) is 18.9 Å². The summed E-state index contributed by atoms with van der Waals surface area (Å²) < 4.78 is 52.5. The van der Waals surface area contributed by atoms with Crippen molar-refractivity contribution in [2.75, 3.05) is 25.5 Å². The number of rotatable bonds is 10. The van der Waals surface area contributed by atoms with Crippen molar-refractivity contribution >= 4 is 17.5 Å². The highest BCUT2D eigenvalue weighted by atomic mass is 19.4. The second-order valence-corrected chi connectivity index (χ2v) is 12.6. The fraction of sp³-hybridized carbons (Fsp3) is 0.444. The minimum absolute atomic E-state index is 0.0936. The molecule has 48 heavy (non-hydrogen) atoms. The smallest absolute Gasteiger partial charge is 0.392 e. The Bertz CT molecular complexity index is 1540. The lowest BCUT2D eigenvalue weighted by Crippen LogP contribution is -2.48. The van der Waals surface area contributed by atoms with Crippen molar-refractivity contribution in [3.05, 3.63) is 101 Å². The largest absolute Gasteiger partial charge is 0.471 e. The molecule has 2 amide bonds. The van der Waals surface area contributed by atoms with Crippen LogP contribution in [-0.4, -0.2) is 76.3 Å². The Labute approximate surface area is 278 Å². The van der Waals surface area contributed by atoms with Gasteiger partial charge >= 0.3 is 12.1 Å². The molecule has 7 unspecified atom stereocenters. The topological polar surface area (TPSA) is 112 Å². The molecule has 9 nitrogen and oxygen atoms in total. The first-order valence-corrected chi connectivity index (χ1v) is 16.1. The lowest BCUT2D eigenvalue weighted by molar-refractivity contribution is -0.276. The van der Waals surface area contributed by atoms with Gasteiger partial charge in [0.2, 0.25) is 5.91 Å². The molecule has 2 heterocycles. The van der Waals surface area contributed by atoms with Crippen molar-refractivity contribution < 1.29 is 42.4 Å². The molecule has 3 aromatic carbocycles. The number of halogens is 3. The van der Waals surface area contributed by atoms with E-state index in [1.54, 1.807) is 24.3 Å². The molecule has 0 bridgehead atoms. The number of aliphatic hydroxyl groups excluding tert-OH is 2. The third-order valence-electron chi connectivity index (χ3n) is 9.37. The van der Waals surface area contributed by atoms with Crippen LogP contribution < -0.4 is 5.32 Å². The Morgan fingerprint density at radius 1 is 1.02 bits per heavy atom. The molecule has 258 valence electrons. The van der Waals surface area contributed by atoms with Crippen molar-refractivity contribution in [2.45, 2.75) is 76.2 Å². The molecule has 3 N–H and O–H groups in total. The number of alkyl halides is 3. The number of amides is 2. The highest BCUT2D eigenvalue weighted by Crippen LogP contribution is 2.42. The second kappa shape index (κ2) is 15.2.